The first-order valence-corrected chi connectivity index (χ1v) is 10.4. The molecule has 1 N–H and O–H groups in total. The average Bonchev–Trinajstić information content (AvgIpc) is 2.98. The highest BCUT2D eigenvalue weighted by atomic mass is 79.9. The molecule has 9 nitrogen and oxygen atoms in total. The third-order valence-corrected chi connectivity index (χ3v) is 4.51. The van der Waals surface area contributed by atoms with Crippen LogP contribution in [-0.2, 0) is 30.4 Å². The Kier molecular flexibility index (Phi) is 7.71. The molecule has 1 aromatic rings. The summed E-state index contributed by atoms with van der Waals surface area (Å²) in [6.45, 7) is 5.00. The predicted molar refractivity (Wildman–Crippen MR) is 109 cm³/mol. The van der Waals surface area contributed by atoms with Crippen molar-refractivity contribution in [2.75, 3.05) is 5.33 Å². The Bertz CT molecular complexity index is 830. The molecular weight excluding hydrogens is 460 g/mol. The van der Waals surface area contributed by atoms with Crippen molar-refractivity contribution in [3.8, 4) is 0 Å². The number of rotatable bonds is 7. The fourth-order valence-corrected chi connectivity index (χ4v) is 2.92. The number of hydroxylamine groups is 2. The van der Waals surface area contributed by atoms with Gasteiger partial charge in [0.05, 0.1) is 5.33 Å². The lowest BCUT2D eigenvalue weighted by Gasteiger charge is -2.23. The molecule has 1 saturated heterocycles. The highest BCUT2D eigenvalue weighted by Gasteiger charge is 2.36. The number of ketones is 1. The van der Waals surface area contributed by atoms with Crippen molar-refractivity contribution in [3.05, 3.63) is 35.4 Å². The number of nitrogens with zero attached hydrogens (tertiary/aromatic N) is 1. The lowest BCUT2D eigenvalue weighted by atomic mass is 10.0. The van der Waals surface area contributed by atoms with Gasteiger partial charge in [0, 0.05) is 24.8 Å². The highest BCUT2D eigenvalue weighted by Crippen LogP contribution is 2.15. The first-order chi connectivity index (χ1) is 14.0. The van der Waals surface area contributed by atoms with E-state index < -0.39 is 35.5 Å². The molecule has 1 heterocycles. The molecule has 1 aromatic carbocycles. The number of alkyl halides is 1. The van der Waals surface area contributed by atoms with Crippen LogP contribution in [0.25, 0.3) is 0 Å². The summed E-state index contributed by atoms with van der Waals surface area (Å²) >= 11 is 3.10. The average molecular weight is 483 g/mol. The topological polar surface area (TPSA) is 119 Å². The van der Waals surface area contributed by atoms with Crippen molar-refractivity contribution in [2.45, 2.75) is 51.7 Å². The molecular formula is C20H23BrN2O7. The number of amides is 3. The molecule has 162 valence electrons. The van der Waals surface area contributed by atoms with Crippen LogP contribution in [0.5, 0.6) is 0 Å². The minimum Gasteiger partial charge on any atom is -0.444 e. The fourth-order valence-electron chi connectivity index (χ4n) is 2.59. The smallest absolute Gasteiger partial charge is 0.408 e. The third kappa shape index (κ3) is 6.65. The van der Waals surface area contributed by atoms with Crippen LogP contribution in [0, 0.1) is 0 Å². The van der Waals surface area contributed by atoms with E-state index in [1.54, 1.807) is 45.0 Å². The number of halogens is 1. The van der Waals surface area contributed by atoms with E-state index in [1.165, 1.54) is 0 Å². The van der Waals surface area contributed by atoms with Crippen LogP contribution in [0.3, 0.4) is 0 Å². The second kappa shape index (κ2) is 9.84. The van der Waals surface area contributed by atoms with E-state index in [2.05, 4.69) is 21.2 Å². The van der Waals surface area contributed by atoms with Crippen LogP contribution in [0.1, 0.15) is 49.5 Å². The van der Waals surface area contributed by atoms with E-state index in [1.807, 2.05) is 0 Å². The van der Waals surface area contributed by atoms with Crippen LogP contribution in [-0.4, -0.2) is 51.7 Å². The standard InChI is InChI=1S/C20H23BrN2O7/c1-20(2,3)29-19(28)22-14(18(27)30-23-16(25)8-9-17(23)26)10-12-4-6-13(7-5-12)15(24)11-21/h4-7,14H,8-11H2,1-3H3,(H,22,28). The van der Waals surface area contributed by atoms with Crippen molar-refractivity contribution in [1.82, 2.24) is 10.4 Å². The van der Waals surface area contributed by atoms with Gasteiger partial charge in [0.2, 0.25) is 0 Å². The summed E-state index contributed by atoms with van der Waals surface area (Å²) in [5.41, 5.74) is 0.318. The van der Waals surface area contributed by atoms with Crippen LogP contribution in [0.15, 0.2) is 24.3 Å². The summed E-state index contributed by atoms with van der Waals surface area (Å²) in [5.74, 6) is -2.33. The zero-order chi connectivity index (χ0) is 22.5. The molecule has 0 spiro atoms. The lowest BCUT2D eigenvalue weighted by Crippen LogP contribution is -2.48. The van der Waals surface area contributed by atoms with Gasteiger partial charge in [0.15, 0.2) is 5.78 Å². The molecule has 0 saturated carbocycles. The summed E-state index contributed by atoms with van der Waals surface area (Å²) < 4.78 is 5.18. The molecule has 2 rings (SSSR count). The largest absolute Gasteiger partial charge is 0.444 e. The van der Waals surface area contributed by atoms with Crippen LogP contribution >= 0.6 is 15.9 Å². The Morgan fingerprint density at radius 2 is 1.67 bits per heavy atom. The molecule has 0 radical (unpaired) electrons. The Balaban J connectivity index is 2.16. The van der Waals surface area contributed by atoms with Gasteiger partial charge in [-0.25, -0.2) is 9.59 Å². The number of nitrogens with one attached hydrogen (secondary N) is 1. The molecule has 30 heavy (non-hydrogen) atoms. The Morgan fingerprint density at radius 1 is 1.10 bits per heavy atom. The van der Waals surface area contributed by atoms with Gasteiger partial charge < -0.3 is 14.9 Å². The Morgan fingerprint density at radius 3 is 2.17 bits per heavy atom. The lowest BCUT2D eigenvalue weighted by molar-refractivity contribution is -0.198. The van der Waals surface area contributed by atoms with Gasteiger partial charge in [-0.2, -0.15) is 0 Å². The van der Waals surface area contributed by atoms with Crippen molar-refractivity contribution in [1.29, 1.82) is 0 Å². The van der Waals surface area contributed by atoms with E-state index in [4.69, 9.17) is 9.57 Å². The van der Waals surface area contributed by atoms with Gasteiger partial charge in [-0.05, 0) is 26.3 Å². The van der Waals surface area contributed by atoms with Crippen LogP contribution in [0.2, 0.25) is 0 Å². The summed E-state index contributed by atoms with van der Waals surface area (Å²) in [6, 6.07) is 5.25. The van der Waals surface area contributed by atoms with Crippen molar-refractivity contribution >= 4 is 45.6 Å². The minimum atomic E-state index is -1.22. The van der Waals surface area contributed by atoms with Gasteiger partial charge >= 0.3 is 12.1 Å². The van der Waals surface area contributed by atoms with E-state index in [-0.39, 0.29) is 30.4 Å². The zero-order valence-corrected chi connectivity index (χ0v) is 18.5. The summed E-state index contributed by atoms with van der Waals surface area (Å²) in [7, 11) is 0. The summed E-state index contributed by atoms with van der Waals surface area (Å²) in [4.78, 5) is 64.9. The van der Waals surface area contributed by atoms with Gasteiger partial charge in [0.25, 0.3) is 11.8 Å². The quantitative estimate of drug-likeness (QED) is 0.359. The normalized spacial score (nSPS) is 15.0. The van der Waals surface area contributed by atoms with Crippen LogP contribution < -0.4 is 5.32 Å². The molecule has 0 bridgehead atoms. The number of Topliss-reactive ketones (excluding diaryl/α,β-unsaturated/α-hetero) is 1. The second-order valence-corrected chi connectivity index (χ2v) is 8.21. The Labute approximate surface area is 182 Å². The molecule has 10 heteroatoms. The predicted octanol–water partition coefficient (Wildman–Crippen LogP) is 2.31. The van der Waals surface area contributed by atoms with E-state index >= 15 is 0 Å². The molecule has 1 unspecified atom stereocenters. The molecule has 1 fully saturated rings. The zero-order valence-electron chi connectivity index (χ0n) is 16.9. The molecule has 1 aliphatic heterocycles. The molecule has 3 amide bonds. The minimum absolute atomic E-state index is 0.00290. The number of hydrogen-bond acceptors (Lipinski definition) is 7. The van der Waals surface area contributed by atoms with E-state index in [0.29, 0.717) is 16.2 Å². The number of carbonyl (C=O) groups excluding carboxylic acids is 5. The summed E-state index contributed by atoms with van der Waals surface area (Å²) in [5, 5.41) is 3.02. The fraction of sp³-hybridized carbons (Fsp3) is 0.450. The van der Waals surface area contributed by atoms with Crippen molar-refractivity contribution < 1.29 is 33.5 Å². The third-order valence-electron chi connectivity index (χ3n) is 4.00. The SMILES string of the molecule is CC(C)(C)OC(=O)NC(Cc1ccc(C(=O)CBr)cc1)C(=O)ON1C(=O)CCC1=O. The van der Waals surface area contributed by atoms with Crippen molar-refractivity contribution in [2.24, 2.45) is 0 Å². The van der Waals surface area contributed by atoms with Gasteiger partial charge in [-0.3, -0.25) is 14.4 Å². The number of hydrogen-bond donors (Lipinski definition) is 1. The maximum absolute atomic E-state index is 12.6. The molecule has 1 atom stereocenters. The number of imide groups is 1. The van der Waals surface area contributed by atoms with E-state index in [9.17, 15) is 24.0 Å². The first kappa shape index (κ1) is 23.5. The summed E-state index contributed by atoms with van der Waals surface area (Å²) in [6.07, 6.45) is -0.940. The number of alkyl carbamates (subject to hydrolysis) is 1. The molecule has 0 aromatic heterocycles. The maximum Gasteiger partial charge on any atom is 0.408 e. The van der Waals surface area contributed by atoms with Gasteiger partial charge in [0.1, 0.15) is 11.6 Å². The number of benzene rings is 1. The molecule has 1 aliphatic rings. The first-order valence-electron chi connectivity index (χ1n) is 9.25. The van der Waals surface area contributed by atoms with Crippen LogP contribution in [0.4, 0.5) is 4.79 Å². The maximum atomic E-state index is 12.6. The van der Waals surface area contributed by atoms with Crippen molar-refractivity contribution in [3.63, 3.8) is 0 Å². The number of carbonyl (C=O) groups is 5. The monoisotopic (exact) mass is 482 g/mol. The molecule has 0 aliphatic carbocycles. The van der Waals surface area contributed by atoms with E-state index in [0.717, 1.165) is 0 Å². The van der Waals surface area contributed by atoms with Gasteiger partial charge in [-0.1, -0.05) is 40.2 Å². The highest BCUT2D eigenvalue weighted by molar-refractivity contribution is 9.09. The van der Waals surface area contributed by atoms with Gasteiger partial charge in [-0.15, -0.1) is 5.06 Å². The number of ether oxygens (including phenoxy) is 1. The Hall–Kier alpha value is -2.75. The second-order valence-electron chi connectivity index (χ2n) is 7.65.